The van der Waals surface area contributed by atoms with Crippen molar-refractivity contribution in [2.45, 2.75) is 13.3 Å². The summed E-state index contributed by atoms with van der Waals surface area (Å²) in [7, 11) is 0. The van der Waals surface area contributed by atoms with Crippen molar-refractivity contribution in [1.82, 2.24) is 4.98 Å². The molecule has 0 aliphatic rings. The molecule has 0 aliphatic carbocycles. The first-order valence-corrected chi connectivity index (χ1v) is 5.92. The molecule has 0 aliphatic heterocycles. The van der Waals surface area contributed by atoms with Crippen molar-refractivity contribution in [2.75, 3.05) is 6.54 Å². The lowest BCUT2D eigenvalue weighted by Crippen LogP contribution is -2.03. The molecule has 1 aromatic carbocycles. The van der Waals surface area contributed by atoms with E-state index in [4.69, 9.17) is 10.2 Å². The van der Waals surface area contributed by atoms with Crippen LogP contribution < -0.4 is 5.73 Å². The molecule has 1 aromatic heterocycles. The molecule has 0 fully saturated rings. The molecular weight excluding hydrogens is 268 g/mol. The molecule has 0 bridgehead atoms. The zero-order valence-corrected chi connectivity index (χ0v) is 10.6. The Morgan fingerprint density at radius 2 is 2.25 bits per heavy atom. The van der Waals surface area contributed by atoms with E-state index in [1.54, 1.807) is 0 Å². The molecule has 0 spiro atoms. The van der Waals surface area contributed by atoms with Crippen LogP contribution in [0.2, 0.25) is 0 Å². The summed E-state index contributed by atoms with van der Waals surface area (Å²) in [5.41, 5.74) is 7.43. The van der Waals surface area contributed by atoms with Crippen LogP contribution in [0.15, 0.2) is 33.2 Å². The van der Waals surface area contributed by atoms with Crippen LogP contribution in [0.3, 0.4) is 0 Å². The van der Waals surface area contributed by atoms with E-state index in [0.29, 0.717) is 12.4 Å². The minimum atomic E-state index is 0.589. The lowest BCUT2D eigenvalue weighted by atomic mass is 10.2. The second kappa shape index (κ2) is 4.80. The van der Waals surface area contributed by atoms with Gasteiger partial charge in [-0.2, -0.15) is 0 Å². The Morgan fingerprint density at radius 1 is 1.44 bits per heavy atom. The van der Waals surface area contributed by atoms with Gasteiger partial charge in [0.25, 0.3) is 0 Å². The smallest absolute Gasteiger partial charge is 0.226 e. The van der Waals surface area contributed by atoms with Gasteiger partial charge in [0.05, 0.1) is 5.69 Å². The molecule has 2 N–H and O–H groups in total. The maximum absolute atomic E-state index is 5.62. The van der Waals surface area contributed by atoms with Crippen molar-refractivity contribution in [3.63, 3.8) is 0 Å². The number of halogens is 1. The fraction of sp³-hybridized carbons (Fsp3) is 0.250. The summed E-state index contributed by atoms with van der Waals surface area (Å²) in [6.45, 7) is 2.50. The highest BCUT2D eigenvalue weighted by atomic mass is 79.9. The van der Waals surface area contributed by atoms with Crippen molar-refractivity contribution in [2.24, 2.45) is 5.73 Å². The number of aryl methyl sites for hydroxylation is 1. The Kier molecular flexibility index (Phi) is 3.41. The highest BCUT2D eigenvalue weighted by Gasteiger charge is 2.10. The minimum Gasteiger partial charge on any atom is -0.441 e. The number of benzene rings is 1. The molecule has 2 rings (SSSR count). The molecule has 1 heterocycles. The molecule has 2 aromatic rings. The van der Waals surface area contributed by atoms with Gasteiger partial charge in [-0.25, -0.2) is 4.98 Å². The molecule has 0 atom stereocenters. The Labute approximate surface area is 103 Å². The molecule has 3 nitrogen and oxygen atoms in total. The summed E-state index contributed by atoms with van der Waals surface area (Å²) in [5, 5.41) is 0. The van der Waals surface area contributed by atoms with Crippen LogP contribution in [0.5, 0.6) is 0 Å². The predicted molar refractivity (Wildman–Crippen MR) is 67.1 cm³/mol. The summed E-state index contributed by atoms with van der Waals surface area (Å²) >= 11 is 3.43. The molecule has 0 radical (unpaired) electrons. The third-order valence-electron chi connectivity index (χ3n) is 2.35. The molecule has 16 heavy (non-hydrogen) atoms. The van der Waals surface area contributed by atoms with E-state index in [9.17, 15) is 0 Å². The number of aromatic nitrogens is 1. The molecule has 0 saturated heterocycles. The van der Waals surface area contributed by atoms with Gasteiger partial charge in [0.2, 0.25) is 5.89 Å². The molecule has 4 heteroatoms. The minimum absolute atomic E-state index is 0.589. The van der Waals surface area contributed by atoms with Crippen LogP contribution in [-0.2, 0) is 6.42 Å². The topological polar surface area (TPSA) is 52.0 Å². The Hall–Kier alpha value is -1.13. The number of rotatable bonds is 3. The van der Waals surface area contributed by atoms with Crippen LogP contribution in [0, 0.1) is 6.92 Å². The largest absolute Gasteiger partial charge is 0.441 e. The average molecular weight is 281 g/mol. The number of nitrogens with zero attached hydrogens (tertiary/aromatic N) is 1. The predicted octanol–water partition coefficient (Wildman–Crippen LogP) is 2.91. The van der Waals surface area contributed by atoms with Crippen LogP contribution in [0.1, 0.15) is 11.5 Å². The van der Waals surface area contributed by atoms with Gasteiger partial charge in [-0.05, 0) is 31.7 Å². The maximum atomic E-state index is 5.62. The van der Waals surface area contributed by atoms with Crippen LogP contribution in [0.25, 0.3) is 11.5 Å². The van der Waals surface area contributed by atoms with Crippen LogP contribution >= 0.6 is 15.9 Å². The molecule has 0 unspecified atom stereocenters. The Balaban J connectivity index is 2.37. The summed E-state index contributed by atoms with van der Waals surface area (Å²) < 4.78 is 6.64. The quantitative estimate of drug-likeness (QED) is 0.941. The number of hydrogen-bond acceptors (Lipinski definition) is 3. The Morgan fingerprint density at radius 3 is 2.94 bits per heavy atom. The summed E-state index contributed by atoms with van der Waals surface area (Å²) in [6.07, 6.45) is 0.753. The van der Waals surface area contributed by atoms with E-state index >= 15 is 0 Å². The van der Waals surface area contributed by atoms with E-state index < -0.39 is 0 Å². The van der Waals surface area contributed by atoms with Crippen LogP contribution in [-0.4, -0.2) is 11.5 Å². The van der Waals surface area contributed by atoms with Gasteiger partial charge in [-0.3, -0.25) is 0 Å². The van der Waals surface area contributed by atoms with Gasteiger partial charge in [0, 0.05) is 16.5 Å². The highest BCUT2D eigenvalue weighted by molar-refractivity contribution is 9.10. The molecule has 84 valence electrons. The fourth-order valence-corrected chi connectivity index (χ4v) is 1.94. The maximum Gasteiger partial charge on any atom is 0.226 e. The standard InChI is InChI=1S/C12H13BrN2O/c1-8-11(5-6-14)15-12(16-8)9-3-2-4-10(13)7-9/h2-4,7H,5-6,14H2,1H3. The fourth-order valence-electron chi connectivity index (χ4n) is 1.54. The van der Waals surface area contributed by atoms with Crippen molar-refractivity contribution in [1.29, 1.82) is 0 Å². The summed E-state index contributed by atoms with van der Waals surface area (Å²) in [6, 6.07) is 7.89. The SMILES string of the molecule is Cc1oc(-c2cccc(Br)c2)nc1CCN. The van der Waals surface area contributed by atoms with Gasteiger partial charge in [0.1, 0.15) is 5.76 Å². The normalized spacial score (nSPS) is 10.7. The molecular formula is C12H13BrN2O. The van der Waals surface area contributed by atoms with E-state index in [1.807, 2.05) is 31.2 Å². The van der Waals surface area contributed by atoms with Crippen molar-refractivity contribution < 1.29 is 4.42 Å². The number of nitrogens with two attached hydrogens (primary N) is 1. The van der Waals surface area contributed by atoms with E-state index in [2.05, 4.69) is 20.9 Å². The van der Waals surface area contributed by atoms with Gasteiger partial charge in [-0.1, -0.05) is 22.0 Å². The third-order valence-corrected chi connectivity index (χ3v) is 2.84. The lowest BCUT2D eigenvalue weighted by molar-refractivity contribution is 0.539. The zero-order chi connectivity index (χ0) is 11.5. The zero-order valence-electron chi connectivity index (χ0n) is 9.03. The second-order valence-electron chi connectivity index (χ2n) is 3.57. The van der Waals surface area contributed by atoms with E-state index in [-0.39, 0.29) is 0 Å². The van der Waals surface area contributed by atoms with E-state index in [1.165, 1.54) is 0 Å². The first-order chi connectivity index (χ1) is 7.70. The highest BCUT2D eigenvalue weighted by Crippen LogP contribution is 2.24. The van der Waals surface area contributed by atoms with Crippen molar-refractivity contribution >= 4 is 15.9 Å². The van der Waals surface area contributed by atoms with Crippen LogP contribution in [0.4, 0.5) is 0 Å². The molecule has 0 saturated carbocycles. The lowest BCUT2D eigenvalue weighted by Gasteiger charge is -1.95. The summed E-state index contributed by atoms with van der Waals surface area (Å²) in [5.74, 6) is 1.50. The number of hydrogen-bond donors (Lipinski definition) is 1. The van der Waals surface area contributed by atoms with Crippen molar-refractivity contribution in [3.05, 3.63) is 40.2 Å². The first kappa shape index (κ1) is 11.4. The van der Waals surface area contributed by atoms with Gasteiger partial charge in [0.15, 0.2) is 0 Å². The van der Waals surface area contributed by atoms with Gasteiger partial charge in [-0.15, -0.1) is 0 Å². The third kappa shape index (κ3) is 2.33. The monoisotopic (exact) mass is 280 g/mol. The molecule has 0 amide bonds. The second-order valence-corrected chi connectivity index (χ2v) is 4.49. The average Bonchev–Trinajstić information content (AvgIpc) is 2.61. The van der Waals surface area contributed by atoms with Gasteiger partial charge < -0.3 is 10.2 Å². The summed E-state index contributed by atoms with van der Waals surface area (Å²) in [4.78, 5) is 4.44. The van der Waals surface area contributed by atoms with Crippen molar-refractivity contribution in [3.8, 4) is 11.5 Å². The Bertz CT molecular complexity index is 494. The number of oxazole rings is 1. The van der Waals surface area contributed by atoms with Gasteiger partial charge >= 0.3 is 0 Å². The first-order valence-electron chi connectivity index (χ1n) is 5.13. The van der Waals surface area contributed by atoms with E-state index in [0.717, 1.165) is 27.9 Å².